The van der Waals surface area contributed by atoms with Gasteiger partial charge in [0.2, 0.25) is 5.95 Å². The first-order valence-electron chi connectivity index (χ1n) is 6.33. The molecule has 1 atom stereocenters. The predicted octanol–water partition coefficient (Wildman–Crippen LogP) is 2.18. The monoisotopic (exact) mass is 270 g/mol. The van der Waals surface area contributed by atoms with Crippen molar-refractivity contribution in [3.05, 3.63) is 11.2 Å². The molecule has 0 aromatic carbocycles. The van der Waals surface area contributed by atoms with E-state index in [1.54, 1.807) is 6.20 Å². The second-order valence-electron chi connectivity index (χ2n) is 4.42. The Hall–Kier alpha value is -1.07. The lowest BCUT2D eigenvalue weighted by Gasteiger charge is -2.32. The fourth-order valence-electron chi connectivity index (χ4n) is 1.91. The Morgan fingerprint density at radius 2 is 2.44 bits per heavy atom. The molecule has 0 radical (unpaired) electrons. The van der Waals surface area contributed by atoms with Crippen LogP contribution in [0.25, 0.3) is 0 Å². The number of halogens is 1. The van der Waals surface area contributed by atoms with Gasteiger partial charge in [0.25, 0.3) is 0 Å². The van der Waals surface area contributed by atoms with Crippen molar-refractivity contribution in [3.8, 4) is 0 Å². The Kier molecular flexibility index (Phi) is 4.60. The molecule has 1 aromatic rings. The first-order chi connectivity index (χ1) is 8.70. The lowest BCUT2D eigenvalue weighted by molar-refractivity contribution is 0.0529. The summed E-state index contributed by atoms with van der Waals surface area (Å²) in [5, 5.41) is 3.76. The standard InChI is InChI=1S/C12H19ClN4O/c1-3-4-14-12-15-7-10(13)11(16-12)17-5-6-18-9(2)8-17/h7,9H,3-6,8H2,1-2H3,(H,14,15,16). The Balaban J connectivity index is 2.14. The second-order valence-corrected chi connectivity index (χ2v) is 4.83. The SMILES string of the molecule is CCCNc1ncc(Cl)c(N2CCOC(C)C2)n1. The van der Waals surface area contributed by atoms with Gasteiger partial charge in [-0.15, -0.1) is 0 Å². The highest BCUT2D eigenvalue weighted by Gasteiger charge is 2.20. The molecule has 1 aliphatic heterocycles. The van der Waals surface area contributed by atoms with Gasteiger partial charge in [-0.25, -0.2) is 4.98 Å². The zero-order chi connectivity index (χ0) is 13.0. The molecule has 1 N–H and O–H groups in total. The molecule has 5 nitrogen and oxygen atoms in total. The van der Waals surface area contributed by atoms with Gasteiger partial charge >= 0.3 is 0 Å². The number of hydrogen-bond donors (Lipinski definition) is 1. The zero-order valence-electron chi connectivity index (χ0n) is 10.8. The molecule has 1 fully saturated rings. The molecule has 1 saturated heterocycles. The molecule has 100 valence electrons. The van der Waals surface area contributed by atoms with Crippen molar-refractivity contribution in [3.63, 3.8) is 0 Å². The Morgan fingerprint density at radius 3 is 3.17 bits per heavy atom. The molecule has 1 aromatic heterocycles. The maximum absolute atomic E-state index is 6.18. The van der Waals surface area contributed by atoms with E-state index in [2.05, 4.69) is 34.0 Å². The topological polar surface area (TPSA) is 50.3 Å². The van der Waals surface area contributed by atoms with Crippen LogP contribution in [-0.4, -0.2) is 42.3 Å². The second kappa shape index (κ2) is 6.20. The lowest BCUT2D eigenvalue weighted by Crippen LogP contribution is -2.41. The number of aromatic nitrogens is 2. The third kappa shape index (κ3) is 3.23. The van der Waals surface area contributed by atoms with Crippen LogP contribution in [0.1, 0.15) is 20.3 Å². The molecule has 1 unspecified atom stereocenters. The molecule has 1 aliphatic rings. The van der Waals surface area contributed by atoms with Crippen LogP contribution < -0.4 is 10.2 Å². The fraction of sp³-hybridized carbons (Fsp3) is 0.667. The largest absolute Gasteiger partial charge is 0.375 e. The van der Waals surface area contributed by atoms with Crippen LogP contribution in [0.4, 0.5) is 11.8 Å². The van der Waals surface area contributed by atoms with Gasteiger partial charge in [0, 0.05) is 19.6 Å². The van der Waals surface area contributed by atoms with Crippen LogP contribution in [0.15, 0.2) is 6.20 Å². The van der Waals surface area contributed by atoms with Crippen LogP contribution in [0.3, 0.4) is 0 Å². The van der Waals surface area contributed by atoms with Gasteiger partial charge < -0.3 is 15.0 Å². The van der Waals surface area contributed by atoms with Crippen LogP contribution in [0.2, 0.25) is 5.02 Å². The van der Waals surface area contributed by atoms with E-state index in [0.29, 0.717) is 17.6 Å². The zero-order valence-corrected chi connectivity index (χ0v) is 11.6. The molecule has 6 heteroatoms. The summed E-state index contributed by atoms with van der Waals surface area (Å²) in [6.07, 6.45) is 2.90. The summed E-state index contributed by atoms with van der Waals surface area (Å²) in [6, 6.07) is 0. The van der Waals surface area contributed by atoms with Gasteiger partial charge in [-0.2, -0.15) is 4.98 Å². The summed E-state index contributed by atoms with van der Waals surface area (Å²) in [4.78, 5) is 10.8. The fourth-order valence-corrected chi connectivity index (χ4v) is 2.12. The summed E-state index contributed by atoms with van der Waals surface area (Å²) in [5.41, 5.74) is 0. The number of hydrogen-bond acceptors (Lipinski definition) is 5. The van der Waals surface area contributed by atoms with Crippen molar-refractivity contribution in [2.24, 2.45) is 0 Å². The van der Waals surface area contributed by atoms with Crippen molar-refractivity contribution in [2.75, 3.05) is 36.5 Å². The van der Waals surface area contributed by atoms with Crippen molar-refractivity contribution >= 4 is 23.4 Å². The van der Waals surface area contributed by atoms with Gasteiger partial charge in [-0.05, 0) is 13.3 Å². The number of rotatable bonds is 4. The van der Waals surface area contributed by atoms with E-state index < -0.39 is 0 Å². The van der Waals surface area contributed by atoms with Crippen molar-refractivity contribution < 1.29 is 4.74 Å². The average Bonchev–Trinajstić information content (AvgIpc) is 2.38. The van der Waals surface area contributed by atoms with E-state index in [4.69, 9.17) is 16.3 Å². The molecule has 0 amide bonds. The smallest absolute Gasteiger partial charge is 0.224 e. The predicted molar refractivity (Wildman–Crippen MR) is 73.4 cm³/mol. The van der Waals surface area contributed by atoms with Crippen LogP contribution in [0, 0.1) is 0 Å². The van der Waals surface area contributed by atoms with E-state index in [1.165, 1.54) is 0 Å². The third-order valence-corrected chi connectivity index (χ3v) is 3.07. The maximum atomic E-state index is 6.18. The average molecular weight is 271 g/mol. The quantitative estimate of drug-likeness (QED) is 0.909. The van der Waals surface area contributed by atoms with Crippen molar-refractivity contribution in [1.29, 1.82) is 0 Å². The Labute approximate surface area is 113 Å². The minimum Gasteiger partial charge on any atom is -0.375 e. The number of nitrogens with one attached hydrogen (secondary N) is 1. The first kappa shape index (κ1) is 13.4. The van der Waals surface area contributed by atoms with E-state index in [9.17, 15) is 0 Å². The van der Waals surface area contributed by atoms with E-state index in [0.717, 1.165) is 31.9 Å². The summed E-state index contributed by atoms with van der Waals surface area (Å²) in [7, 11) is 0. The summed E-state index contributed by atoms with van der Waals surface area (Å²) in [5.74, 6) is 1.43. The molecule has 18 heavy (non-hydrogen) atoms. The third-order valence-electron chi connectivity index (χ3n) is 2.80. The first-order valence-corrected chi connectivity index (χ1v) is 6.71. The van der Waals surface area contributed by atoms with E-state index in [1.807, 2.05) is 0 Å². The van der Waals surface area contributed by atoms with E-state index in [-0.39, 0.29) is 6.10 Å². The minimum atomic E-state index is 0.205. The summed E-state index contributed by atoms with van der Waals surface area (Å²) >= 11 is 6.18. The highest BCUT2D eigenvalue weighted by molar-refractivity contribution is 6.32. The Bertz CT molecular complexity index is 402. The molecule has 2 rings (SSSR count). The summed E-state index contributed by atoms with van der Waals surface area (Å²) in [6.45, 7) is 7.35. The number of nitrogens with zero attached hydrogens (tertiary/aromatic N) is 3. The summed E-state index contributed by atoms with van der Waals surface area (Å²) < 4.78 is 5.52. The van der Waals surface area contributed by atoms with Gasteiger partial charge in [0.15, 0.2) is 5.82 Å². The molecule has 0 saturated carbocycles. The van der Waals surface area contributed by atoms with Crippen LogP contribution >= 0.6 is 11.6 Å². The minimum absolute atomic E-state index is 0.205. The highest BCUT2D eigenvalue weighted by atomic mass is 35.5. The molecule has 2 heterocycles. The van der Waals surface area contributed by atoms with Crippen molar-refractivity contribution in [1.82, 2.24) is 9.97 Å². The normalized spacial score (nSPS) is 19.9. The van der Waals surface area contributed by atoms with Gasteiger partial charge in [-0.3, -0.25) is 0 Å². The Morgan fingerprint density at radius 1 is 1.61 bits per heavy atom. The van der Waals surface area contributed by atoms with Crippen molar-refractivity contribution in [2.45, 2.75) is 26.4 Å². The maximum Gasteiger partial charge on any atom is 0.224 e. The molecular weight excluding hydrogens is 252 g/mol. The highest BCUT2D eigenvalue weighted by Crippen LogP contribution is 2.25. The van der Waals surface area contributed by atoms with Gasteiger partial charge in [-0.1, -0.05) is 18.5 Å². The molecule has 0 aliphatic carbocycles. The van der Waals surface area contributed by atoms with Crippen LogP contribution in [0.5, 0.6) is 0 Å². The van der Waals surface area contributed by atoms with Crippen LogP contribution in [-0.2, 0) is 4.74 Å². The lowest BCUT2D eigenvalue weighted by atomic mass is 10.3. The van der Waals surface area contributed by atoms with Gasteiger partial charge in [0.1, 0.15) is 5.02 Å². The molecule has 0 spiro atoms. The molecular formula is C12H19ClN4O. The number of ether oxygens (including phenoxy) is 1. The molecule has 0 bridgehead atoms. The number of anilines is 2. The van der Waals surface area contributed by atoms with Gasteiger partial charge in [0.05, 0.1) is 18.9 Å². The number of morpholine rings is 1. The van der Waals surface area contributed by atoms with E-state index >= 15 is 0 Å².